The number of aliphatic carboxylic acids is 1. The van der Waals surface area contributed by atoms with Gasteiger partial charge in [0.2, 0.25) is 5.91 Å². The Morgan fingerprint density at radius 1 is 0.833 bits per heavy atom. The van der Waals surface area contributed by atoms with E-state index in [1.165, 1.54) is 18.2 Å². The molecule has 0 unspecified atom stereocenters. The molecule has 1 aliphatic carbocycles. The van der Waals surface area contributed by atoms with E-state index in [0.29, 0.717) is 22.4 Å². The van der Waals surface area contributed by atoms with Gasteiger partial charge in [0, 0.05) is 34.4 Å². The first-order valence-electron chi connectivity index (χ1n) is 7.31. The Balaban J connectivity index is 1.89. The first kappa shape index (κ1) is 15.6. The summed E-state index contributed by atoms with van der Waals surface area (Å²) in [6.07, 6.45) is -0.441. The van der Waals surface area contributed by atoms with Gasteiger partial charge in [0.25, 0.3) is 0 Å². The third-order valence-electron chi connectivity index (χ3n) is 3.77. The van der Waals surface area contributed by atoms with Crippen molar-refractivity contribution >= 4 is 29.1 Å². The molecular formula is C18H13NO5. The SMILES string of the molecule is O=C(O)CCC(=O)Nc1ccc2c(c1)C(=O)c1ccccc1C2=O. The second kappa shape index (κ2) is 6.08. The zero-order chi connectivity index (χ0) is 17.3. The Hall–Kier alpha value is -3.28. The number of fused-ring (bicyclic) bond motifs is 2. The van der Waals surface area contributed by atoms with Crippen LogP contribution in [0.4, 0.5) is 5.69 Å². The lowest BCUT2D eigenvalue weighted by Gasteiger charge is -2.18. The Bertz CT molecular complexity index is 885. The van der Waals surface area contributed by atoms with E-state index >= 15 is 0 Å². The number of benzene rings is 2. The lowest BCUT2D eigenvalue weighted by molar-refractivity contribution is -0.138. The molecular weight excluding hydrogens is 310 g/mol. The molecule has 0 saturated carbocycles. The first-order chi connectivity index (χ1) is 11.5. The lowest BCUT2D eigenvalue weighted by atomic mass is 9.84. The van der Waals surface area contributed by atoms with Crippen LogP contribution in [0.25, 0.3) is 0 Å². The summed E-state index contributed by atoms with van der Waals surface area (Å²) in [4.78, 5) is 47.2. The topological polar surface area (TPSA) is 101 Å². The number of hydrogen-bond donors (Lipinski definition) is 2. The molecule has 0 fully saturated rings. The highest BCUT2D eigenvalue weighted by Gasteiger charge is 2.29. The summed E-state index contributed by atoms with van der Waals surface area (Å²) in [5.74, 6) is -2.04. The molecule has 0 atom stereocenters. The number of carboxylic acid groups (broad SMARTS) is 1. The van der Waals surface area contributed by atoms with E-state index in [0.717, 1.165) is 0 Å². The van der Waals surface area contributed by atoms with Gasteiger partial charge in [-0.2, -0.15) is 0 Å². The summed E-state index contributed by atoms with van der Waals surface area (Å²) in [6, 6.07) is 11.1. The van der Waals surface area contributed by atoms with Crippen molar-refractivity contribution in [2.45, 2.75) is 12.8 Å². The maximum absolute atomic E-state index is 12.6. The summed E-state index contributed by atoms with van der Waals surface area (Å²) >= 11 is 0. The quantitative estimate of drug-likeness (QED) is 0.767. The van der Waals surface area contributed by atoms with Crippen molar-refractivity contribution in [3.63, 3.8) is 0 Å². The van der Waals surface area contributed by atoms with Crippen molar-refractivity contribution in [1.82, 2.24) is 0 Å². The highest BCUT2D eigenvalue weighted by molar-refractivity contribution is 6.28. The van der Waals surface area contributed by atoms with Crippen LogP contribution in [-0.4, -0.2) is 28.5 Å². The van der Waals surface area contributed by atoms with Gasteiger partial charge in [0.05, 0.1) is 6.42 Å². The van der Waals surface area contributed by atoms with Crippen LogP contribution >= 0.6 is 0 Å². The molecule has 0 aromatic heterocycles. The van der Waals surface area contributed by atoms with Gasteiger partial charge in [-0.25, -0.2) is 0 Å². The standard InChI is InChI=1S/C18H13NO5/c20-15(7-8-16(21)22)19-10-5-6-13-14(9-10)18(24)12-4-2-1-3-11(12)17(13)23/h1-6,9H,7-8H2,(H,19,20)(H,21,22). The molecule has 0 heterocycles. The maximum atomic E-state index is 12.6. The predicted molar refractivity (Wildman–Crippen MR) is 85.2 cm³/mol. The number of carbonyl (C=O) groups excluding carboxylic acids is 3. The number of amides is 1. The number of ketones is 2. The fraction of sp³-hybridized carbons (Fsp3) is 0.111. The third-order valence-corrected chi connectivity index (χ3v) is 3.77. The largest absolute Gasteiger partial charge is 0.481 e. The average Bonchev–Trinajstić information content (AvgIpc) is 2.58. The van der Waals surface area contributed by atoms with Gasteiger partial charge in [0.1, 0.15) is 0 Å². The van der Waals surface area contributed by atoms with Crippen molar-refractivity contribution in [2.24, 2.45) is 0 Å². The van der Waals surface area contributed by atoms with Crippen molar-refractivity contribution < 1.29 is 24.3 Å². The van der Waals surface area contributed by atoms with Crippen molar-refractivity contribution in [3.05, 3.63) is 64.7 Å². The van der Waals surface area contributed by atoms with Gasteiger partial charge in [-0.05, 0) is 18.2 Å². The van der Waals surface area contributed by atoms with Gasteiger partial charge >= 0.3 is 5.97 Å². The minimum atomic E-state index is -1.06. The van der Waals surface area contributed by atoms with Crippen molar-refractivity contribution in [2.75, 3.05) is 5.32 Å². The van der Waals surface area contributed by atoms with Crippen LogP contribution in [0.1, 0.15) is 44.7 Å². The molecule has 6 nitrogen and oxygen atoms in total. The van der Waals surface area contributed by atoms with E-state index in [9.17, 15) is 19.2 Å². The number of hydrogen-bond acceptors (Lipinski definition) is 4. The normalized spacial score (nSPS) is 12.3. The monoisotopic (exact) mass is 323 g/mol. The van der Waals surface area contributed by atoms with Crippen LogP contribution in [-0.2, 0) is 9.59 Å². The van der Waals surface area contributed by atoms with E-state index in [2.05, 4.69) is 5.32 Å². The summed E-state index contributed by atoms with van der Waals surface area (Å²) < 4.78 is 0. The smallest absolute Gasteiger partial charge is 0.303 e. The molecule has 2 aromatic rings. The second-order valence-electron chi connectivity index (χ2n) is 5.41. The van der Waals surface area contributed by atoms with Crippen LogP contribution in [0.5, 0.6) is 0 Å². The molecule has 0 saturated heterocycles. The molecule has 0 aliphatic heterocycles. The number of nitrogens with one attached hydrogen (secondary N) is 1. The molecule has 24 heavy (non-hydrogen) atoms. The molecule has 0 bridgehead atoms. The van der Waals surface area contributed by atoms with Crippen LogP contribution in [0, 0.1) is 0 Å². The molecule has 2 aromatic carbocycles. The zero-order valence-electron chi connectivity index (χ0n) is 12.5. The number of anilines is 1. The van der Waals surface area contributed by atoms with Crippen LogP contribution in [0.2, 0.25) is 0 Å². The van der Waals surface area contributed by atoms with E-state index < -0.39 is 11.9 Å². The summed E-state index contributed by atoms with van der Waals surface area (Å²) in [7, 11) is 0. The molecule has 0 spiro atoms. The lowest BCUT2D eigenvalue weighted by Crippen LogP contribution is -2.21. The fourth-order valence-corrected chi connectivity index (χ4v) is 2.62. The number of carbonyl (C=O) groups is 4. The Labute approximate surface area is 137 Å². The van der Waals surface area contributed by atoms with Crippen molar-refractivity contribution in [1.29, 1.82) is 0 Å². The Kier molecular flexibility index (Phi) is 3.95. The molecule has 1 aliphatic rings. The maximum Gasteiger partial charge on any atom is 0.303 e. The Morgan fingerprint density at radius 3 is 2.04 bits per heavy atom. The second-order valence-corrected chi connectivity index (χ2v) is 5.41. The summed E-state index contributed by atoms with van der Waals surface area (Å²) in [6.45, 7) is 0. The minimum absolute atomic E-state index is 0.165. The fourth-order valence-electron chi connectivity index (χ4n) is 2.62. The van der Waals surface area contributed by atoms with Crippen LogP contribution < -0.4 is 5.32 Å². The minimum Gasteiger partial charge on any atom is -0.481 e. The van der Waals surface area contributed by atoms with E-state index in [1.54, 1.807) is 24.3 Å². The van der Waals surface area contributed by atoms with Crippen LogP contribution in [0.15, 0.2) is 42.5 Å². The van der Waals surface area contributed by atoms with Gasteiger partial charge in [-0.1, -0.05) is 24.3 Å². The van der Waals surface area contributed by atoms with Gasteiger partial charge in [-0.3, -0.25) is 19.2 Å². The van der Waals surface area contributed by atoms with Gasteiger partial charge in [-0.15, -0.1) is 0 Å². The molecule has 120 valence electrons. The van der Waals surface area contributed by atoms with Gasteiger partial charge in [0.15, 0.2) is 11.6 Å². The van der Waals surface area contributed by atoms with E-state index in [1.807, 2.05) is 0 Å². The third kappa shape index (κ3) is 2.81. The number of carboxylic acids is 1. The highest BCUT2D eigenvalue weighted by atomic mass is 16.4. The molecule has 6 heteroatoms. The van der Waals surface area contributed by atoms with Crippen LogP contribution in [0.3, 0.4) is 0 Å². The van der Waals surface area contributed by atoms with Gasteiger partial charge < -0.3 is 10.4 Å². The predicted octanol–water partition coefficient (Wildman–Crippen LogP) is 2.27. The average molecular weight is 323 g/mol. The first-order valence-corrected chi connectivity index (χ1v) is 7.31. The number of rotatable bonds is 4. The molecule has 3 rings (SSSR count). The molecule has 2 N–H and O–H groups in total. The molecule has 1 amide bonds. The van der Waals surface area contributed by atoms with Crippen molar-refractivity contribution in [3.8, 4) is 0 Å². The highest BCUT2D eigenvalue weighted by Crippen LogP contribution is 2.29. The zero-order valence-corrected chi connectivity index (χ0v) is 12.5. The van der Waals surface area contributed by atoms with E-state index in [-0.39, 0.29) is 30.0 Å². The Morgan fingerprint density at radius 2 is 1.42 bits per heavy atom. The molecule has 0 radical (unpaired) electrons. The summed E-state index contributed by atoms with van der Waals surface area (Å²) in [5.41, 5.74) is 1.58. The summed E-state index contributed by atoms with van der Waals surface area (Å²) in [5, 5.41) is 11.1. The van der Waals surface area contributed by atoms with E-state index in [4.69, 9.17) is 5.11 Å².